The summed E-state index contributed by atoms with van der Waals surface area (Å²) in [6.07, 6.45) is 3.41. The van der Waals surface area contributed by atoms with Gasteiger partial charge in [-0.05, 0) is 14.1 Å². The minimum Gasteiger partial charge on any atom is -0.479 e. The molecule has 0 aliphatic carbocycles. The number of ketones is 1. The lowest BCUT2D eigenvalue weighted by atomic mass is 10.2. The molecule has 0 saturated heterocycles. The van der Waals surface area contributed by atoms with Crippen LogP contribution in [0.3, 0.4) is 0 Å². The molecule has 0 N–H and O–H groups in total. The van der Waals surface area contributed by atoms with Crippen LogP contribution in [0.4, 0.5) is 0 Å². The summed E-state index contributed by atoms with van der Waals surface area (Å²) in [5.41, 5.74) is 0.307. The predicted octanol–water partition coefficient (Wildman–Crippen LogP) is 0.620. The first-order valence-corrected chi connectivity index (χ1v) is 4.68. The number of methoxy groups -OCH3 is 1. The fourth-order valence-electron chi connectivity index (χ4n) is 1.11. The van der Waals surface area contributed by atoms with E-state index in [-0.39, 0.29) is 5.78 Å². The molecule has 1 rings (SSSR count). The summed E-state index contributed by atoms with van der Waals surface area (Å²) in [5.74, 6) is 0.245. The van der Waals surface area contributed by atoms with Crippen LogP contribution >= 0.6 is 0 Å². The van der Waals surface area contributed by atoms with Gasteiger partial charge in [0.15, 0.2) is 11.5 Å². The van der Waals surface area contributed by atoms with E-state index in [2.05, 4.69) is 9.97 Å². The van der Waals surface area contributed by atoms with Crippen molar-refractivity contribution in [2.45, 2.75) is 6.42 Å². The number of hydrogen-bond acceptors (Lipinski definition) is 5. The van der Waals surface area contributed by atoms with Gasteiger partial charge in [0.25, 0.3) is 0 Å². The zero-order valence-corrected chi connectivity index (χ0v) is 9.23. The minimum atomic E-state index is -0.0475. The molecule has 82 valence electrons. The number of rotatable bonds is 5. The number of Topliss-reactive ketones (excluding diaryl/α,β-unsaturated/α-hetero) is 1. The number of carbonyl (C=O) groups excluding carboxylic acids is 1. The molecule has 0 bridgehead atoms. The van der Waals surface area contributed by atoms with Gasteiger partial charge in [0.2, 0.25) is 5.88 Å². The Hall–Kier alpha value is -1.49. The Balaban J connectivity index is 2.72. The molecule has 0 saturated carbocycles. The largest absolute Gasteiger partial charge is 0.479 e. The van der Waals surface area contributed by atoms with Crippen molar-refractivity contribution in [3.05, 3.63) is 18.1 Å². The molecule has 1 aromatic rings. The molecule has 5 nitrogen and oxygen atoms in total. The first-order valence-electron chi connectivity index (χ1n) is 4.68. The van der Waals surface area contributed by atoms with Gasteiger partial charge >= 0.3 is 0 Å². The Morgan fingerprint density at radius 2 is 2.07 bits per heavy atom. The van der Waals surface area contributed by atoms with E-state index < -0.39 is 0 Å². The second-order valence-corrected chi connectivity index (χ2v) is 3.39. The van der Waals surface area contributed by atoms with Crippen LogP contribution in [0, 0.1) is 0 Å². The lowest BCUT2D eigenvalue weighted by Crippen LogP contribution is -2.17. The Labute approximate surface area is 89.1 Å². The Morgan fingerprint density at radius 1 is 1.40 bits per heavy atom. The first-order chi connectivity index (χ1) is 7.15. The summed E-state index contributed by atoms with van der Waals surface area (Å²) in [4.78, 5) is 21.6. The van der Waals surface area contributed by atoms with Gasteiger partial charge in [0.1, 0.15) is 0 Å². The van der Waals surface area contributed by atoms with E-state index in [1.54, 1.807) is 0 Å². The van der Waals surface area contributed by atoms with Gasteiger partial charge in [0.05, 0.1) is 7.11 Å². The van der Waals surface area contributed by atoms with Crippen molar-refractivity contribution >= 4 is 5.78 Å². The molecular weight excluding hydrogens is 194 g/mol. The van der Waals surface area contributed by atoms with E-state index in [1.807, 2.05) is 19.0 Å². The normalized spacial score (nSPS) is 10.4. The Bertz CT molecular complexity index is 339. The first kappa shape index (κ1) is 11.6. The fourth-order valence-corrected chi connectivity index (χ4v) is 1.11. The third-order valence-corrected chi connectivity index (χ3v) is 1.91. The molecule has 1 aromatic heterocycles. The highest BCUT2D eigenvalue weighted by molar-refractivity contribution is 5.96. The van der Waals surface area contributed by atoms with Crippen LogP contribution in [0.15, 0.2) is 12.4 Å². The summed E-state index contributed by atoms with van der Waals surface area (Å²) in [7, 11) is 5.31. The molecule has 0 aromatic carbocycles. The summed E-state index contributed by atoms with van der Waals surface area (Å²) >= 11 is 0. The number of aromatic nitrogens is 2. The quantitative estimate of drug-likeness (QED) is 0.665. The molecule has 0 unspecified atom stereocenters. The summed E-state index contributed by atoms with van der Waals surface area (Å²) in [5, 5.41) is 0. The average Bonchev–Trinajstić information content (AvgIpc) is 2.25. The van der Waals surface area contributed by atoms with E-state index in [4.69, 9.17) is 4.74 Å². The molecule has 0 aliphatic heterocycles. The highest BCUT2D eigenvalue weighted by Gasteiger charge is 2.14. The second-order valence-electron chi connectivity index (χ2n) is 3.39. The van der Waals surface area contributed by atoms with E-state index in [9.17, 15) is 4.79 Å². The van der Waals surface area contributed by atoms with Crippen LogP contribution in [0.25, 0.3) is 0 Å². The third kappa shape index (κ3) is 3.28. The molecule has 0 fully saturated rings. The van der Waals surface area contributed by atoms with Crippen molar-refractivity contribution in [1.29, 1.82) is 0 Å². The Morgan fingerprint density at radius 3 is 2.67 bits per heavy atom. The fraction of sp³-hybridized carbons (Fsp3) is 0.500. The average molecular weight is 209 g/mol. The molecule has 0 amide bonds. The summed E-state index contributed by atoms with van der Waals surface area (Å²) in [6.45, 7) is 0.693. The van der Waals surface area contributed by atoms with Gasteiger partial charge < -0.3 is 9.64 Å². The van der Waals surface area contributed by atoms with Gasteiger partial charge in [-0.1, -0.05) is 0 Å². The smallest absolute Gasteiger partial charge is 0.243 e. The van der Waals surface area contributed by atoms with Crippen LogP contribution in [-0.4, -0.2) is 48.4 Å². The lowest BCUT2D eigenvalue weighted by Gasteiger charge is -2.08. The van der Waals surface area contributed by atoms with Crippen LogP contribution in [-0.2, 0) is 0 Å². The topological polar surface area (TPSA) is 55.3 Å². The van der Waals surface area contributed by atoms with Crippen LogP contribution in [0.2, 0.25) is 0 Å². The van der Waals surface area contributed by atoms with Crippen LogP contribution in [0.5, 0.6) is 5.88 Å². The minimum absolute atomic E-state index is 0.0475. The highest BCUT2D eigenvalue weighted by Crippen LogP contribution is 2.12. The molecule has 0 radical (unpaired) electrons. The molecular formula is C10H15N3O2. The monoisotopic (exact) mass is 209 g/mol. The van der Waals surface area contributed by atoms with Gasteiger partial charge in [-0.15, -0.1) is 0 Å². The SMILES string of the molecule is COc1nccnc1C(=O)CCN(C)C. The second kappa shape index (κ2) is 5.41. The highest BCUT2D eigenvalue weighted by atomic mass is 16.5. The van der Waals surface area contributed by atoms with Crippen molar-refractivity contribution in [1.82, 2.24) is 14.9 Å². The molecule has 1 heterocycles. The standard InChI is InChI=1S/C10H15N3O2/c1-13(2)7-4-8(14)9-10(15-3)12-6-5-11-9/h5-6H,4,7H2,1-3H3. The zero-order valence-electron chi connectivity index (χ0n) is 9.23. The lowest BCUT2D eigenvalue weighted by molar-refractivity contribution is 0.0963. The van der Waals surface area contributed by atoms with Crippen molar-refractivity contribution in [2.24, 2.45) is 0 Å². The van der Waals surface area contributed by atoms with Crippen molar-refractivity contribution in [3.8, 4) is 5.88 Å². The van der Waals surface area contributed by atoms with Gasteiger partial charge in [-0.25, -0.2) is 9.97 Å². The maximum Gasteiger partial charge on any atom is 0.243 e. The van der Waals surface area contributed by atoms with Crippen molar-refractivity contribution < 1.29 is 9.53 Å². The number of hydrogen-bond donors (Lipinski definition) is 0. The van der Waals surface area contributed by atoms with E-state index in [0.717, 1.165) is 0 Å². The number of nitrogens with zero attached hydrogens (tertiary/aromatic N) is 3. The van der Waals surface area contributed by atoms with Gasteiger partial charge in [0, 0.05) is 25.4 Å². The van der Waals surface area contributed by atoms with Gasteiger partial charge in [-0.2, -0.15) is 0 Å². The molecule has 5 heteroatoms. The maximum absolute atomic E-state index is 11.7. The third-order valence-electron chi connectivity index (χ3n) is 1.91. The summed E-state index contributed by atoms with van der Waals surface area (Å²) < 4.78 is 4.97. The maximum atomic E-state index is 11.7. The van der Waals surface area contributed by atoms with E-state index >= 15 is 0 Å². The summed E-state index contributed by atoms with van der Waals surface area (Å²) in [6, 6.07) is 0. The molecule has 15 heavy (non-hydrogen) atoms. The van der Waals surface area contributed by atoms with Crippen molar-refractivity contribution in [2.75, 3.05) is 27.7 Å². The molecule has 0 spiro atoms. The Kier molecular flexibility index (Phi) is 4.17. The predicted molar refractivity (Wildman–Crippen MR) is 56.1 cm³/mol. The van der Waals surface area contributed by atoms with Crippen molar-refractivity contribution in [3.63, 3.8) is 0 Å². The number of ether oxygens (including phenoxy) is 1. The number of carbonyl (C=O) groups is 1. The van der Waals surface area contributed by atoms with E-state index in [1.165, 1.54) is 19.5 Å². The zero-order chi connectivity index (χ0) is 11.3. The van der Waals surface area contributed by atoms with E-state index in [0.29, 0.717) is 24.5 Å². The molecule has 0 aliphatic rings. The van der Waals surface area contributed by atoms with Gasteiger partial charge in [-0.3, -0.25) is 4.79 Å². The molecule has 0 atom stereocenters. The van der Waals surface area contributed by atoms with Crippen LogP contribution in [0.1, 0.15) is 16.9 Å². The van der Waals surface area contributed by atoms with Crippen LogP contribution < -0.4 is 4.74 Å².